The van der Waals surface area contributed by atoms with E-state index in [2.05, 4.69) is 34.5 Å². The average Bonchev–Trinajstić information content (AvgIpc) is 3.70. The smallest absolute Gasteiger partial charge is 0.296 e. The molecule has 2 aromatic carbocycles. The normalized spacial score (nSPS) is 15.8. The summed E-state index contributed by atoms with van der Waals surface area (Å²) in [5.41, 5.74) is 2.87. The predicted octanol–water partition coefficient (Wildman–Crippen LogP) is 6.73. The fourth-order valence-electron chi connectivity index (χ4n) is 4.16. The van der Waals surface area contributed by atoms with Crippen molar-refractivity contribution < 1.29 is 19.1 Å². The largest absolute Gasteiger partial charge is 0.503 e. The first-order valence-corrected chi connectivity index (χ1v) is 14.0. The van der Waals surface area contributed by atoms with E-state index in [0.29, 0.717) is 20.8 Å². The number of furan rings is 1. The van der Waals surface area contributed by atoms with Crippen molar-refractivity contribution in [3.63, 3.8) is 0 Å². The van der Waals surface area contributed by atoms with Crippen LogP contribution in [0.2, 0.25) is 0 Å². The number of aliphatic hydroxyl groups excluding tert-OH is 1. The highest BCUT2D eigenvalue weighted by atomic mass is 32.2. The van der Waals surface area contributed by atoms with Gasteiger partial charge in [0.15, 0.2) is 15.9 Å². The molecule has 0 radical (unpaired) electrons. The average molecular weight is 546 g/mol. The van der Waals surface area contributed by atoms with Crippen LogP contribution in [0.25, 0.3) is 11.0 Å². The molecule has 1 aliphatic heterocycles. The Balaban J connectivity index is 1.32. The molecule has 37 heavy (non-hydrogen) atoms. The fourth-order valence-corrected chi connectivity index (χ4v) is 6.81. The van der Waals surface area contributed by atoms with E-state index in [4.69, 9.17) is 4.42 Å². The summed E-state index contributed by atoms with van der Waals surface area (Å²) in [6, 6.07) is 20.0. The molecule has 0 aliphatic carbocycles. The quantitative estimate of drug-likeness (QED) is 0.138. The van der Waals surface area contributed by atoms with Crippen molar-refractivity contribution >= 4 is 62.2 Å². The van der Waals surface area contributed by atoms with E-state index in [-0.39, 0.29) is 11.3 Å². The summed E-state index contributed by atoms with van der Waals surface area (Å²) in [6.45, 7) is 2.04. The van der Waals surface area contributed by atoms with Crippen LogP contribution in [-0.2, 0) is 10.5 Å². The number of ketones is 1. The molecule has 5 aromatic rings. The highest BCUT2D eigenvalue weighted by molar-refractivity contribution is 8.00. The molecule has 0 bridgehead atoms. The van der Waals surface area contributed by atoms with Gasteiger partial charge in [-0.25, -0.2) is 0 Å². The minimum Gasteiger partial charge on any atom is -0.503 e. The lowest BCUT2D eigenvalue weighted by Crippen LogP contribution is -2.30. The third kappa shape index (κ3) is 4.37. The third-order valence-corrected chi connectivity index (χ3v) is 9.05. The molecule has 10 heteroatoms. The second kappa shape index (κ2) is 9.62. The number of carbonyl (C=O) groups excluding carboxylic acids is 2. The van der Waals surface area contributed by atoms with E-state index in [9.17, 15) is 14.7 Å². The Morgan fingerprint density at radius 1 is 1.11 bits per heavy atom. The lowest BCUT2D eigenvalue weighted by atomic mass is 10.0. The number of carbonyl (C=O) groups is 2. The van der Waals surface area contributed by atoms with Crippen LogP contribution >= 0.6 is 34.4 Å². The number of benzene rings is 2. The van der Waals surface area contributed by atoms with Crippen molar-refractivity contribution in [2.75, 3.05) is 4.90 Å². The van der Waals surface area contributed by atoms with Gasteiger partial charge < -0.3 is 9.52 Å². The van der Waals surface area contributed by atoms with Gasteiger partial charge in [0.25, 0.3) is 5.91 Å². The number of para-hydroxylation sites is 1. The van der Waals surface area contributed by atoms with Crippen LogP contribution in [0.15, 0.2) is 92.2 Å². The Hall–Kier alpha value is -3.73. The molecule has 1 amide bonds. The number of hydrogen-bond acceptors (Lipinski definition) is 9. The first-order valence-electron chi connectivity index (χ1n) is 11.3. The van der Waals surface area contributed by atoms with Crippen LogP contribution in [0.1, 0.15) is 32.6 Å². The fraction of sp³-hybridized carbons (Fsp3) is 0.111. The van der Waals surface area contributed by atoms with Crippen LogP contribution in [0.3, 0.4) is 0 Å². The van der Waals surface area contributed by atoms with Crippen molar-refractivity contribution in [2.45, 2.75) is 23.1 Å². The van der Waals surface area contributed by atoms with Crippen molar-refractivity contribution in [3.05, 3.63) is 105 Å². The van der Waals surface area contributed by atoms with E-state index >= 15 is 0 Å². The molecule has 1 N–H and O–H groups in total. The Labute approximate surface area is 224 Å². The second-order valence-corrected chi connectivity index (χ2v) is 11.6. The van der Waals surface area contributed by atoms with Crippen LogP contribution < -0.4 is 4.90 Å². The molecule has 4 heterocycles. The number of amides is 1. The van der Waals surface area contributed by atoms with Gasteiger partial charge in [-0.1, -0.05) is 77.2 Å². The maximum atomic E-state index is 13.6. The molecule has 1 aliphatic rings. The van der Waals surface area contributed by atoms with E-state index in [0.717, 1.165) is 15.8 Å². The van der Waals surface area contributed by atoms with Crippen molar-refractivity contribution in [1.82, 2.24) is 10.2 Å². The van der Waals surface area contributed by atoms with Crippen molar-refractivity contribution in [2.24, 2.45) is 0 Å². The molecular weight excluding hydrogens is 527 g/mol. The number of thioether (sulfide) groups is 1. The van der Waals surface area contributed by atoms with Crippen LogP contribution in [0, 0.1) is 6.92 Å². The molecule has 184 valence electrons. The molecule has 0 fully saturated rings. The number of aromatic nitrogens is 2. The van der Waals surface area contributed by atoms with Crippen LogP contribution in [0.5, 0.6) is 0 Å². The minimum atomic E-state index is -0.837. The molecule has 0 spiro atoms. The topological polar surface area (TPSA) is 96.5 Å². The lowest BCUT2D eigenvalue weighted by molar-refractivity contribution is -0.117. The first-order chi connectivity index (χ1) is 18.0. The van der Waals surface area contributed by atoms with Crippen molar-refractivity contribution in [3.8, 4) is 0 Å². The van der Waals surface area contributed by atoms with Gasteiger partial charge in [-0.15, -0.1) is 21.5 Å². The molecule has 6 rings (SSSR count). The molecule has 3 aromatic heterocycles. The zero-order chi connectivity index (χ0) is 25.5. The Kier molecular flexibility index (Phi) is 6.15. The first kappa shape index (κ1) is 23.7. The number of hydrogen-bond donors (Lipinski definition) is 1. The zero-order valence-electron chi connectivity index (χ0n) is 19.5. The zero-order valence-corrected chi connectivity index (χ0v) is 21.9. The number of thiophene rings is 1. The number of anilines is 1. The molecule has 0 unspecified atom stereocenters. The summed E-state index contributed by atoms with van der Waals surface area (Å²) in [7, 11) is 0. The Morgan fingerprint density at radius 3 is 2.68 bits per heavy atom. The van der Waals surface area contributed by atoms with Gasteiger partial charge in [0.2, 0.25) is 10.9 Å². The number of Topliss-reactive ketones (excluding diaryl/α,β-unsaturated/α-hetero) is 1. The van der Waals surface area contributed by atoms with E-state index in [1.54, 1.807) is 12.1 Å². The summed E-state index contributed by atoms with van der Waals surface area (Å²) < 4.78 is 6.45. The summed E-state index contributed by atoms with van der Waals surface area (Å²) in [6.07, 6.45) is 0. The summed E-state index contributed by atoms with van der Waals surface area (Å²) >= 11 is 4.16. The van der Waals surface area contributed by atoms with Gasteiger partial charge in [-0.2, -0.15) is 0 Å². The number of aliphatic hydroxyl groups is 1. The Bertz CT molecular complexity index is 1620. The summed E-state index contributed by atoms with van der Waals surface area (Å²) in [5.74, 6) is -1.07. The van der Waals surface area contributed by atoms with Gasteiger partial charge in [0.1, 0.15) is 11.6 Å². The molecule has 1 atom stereocenters. The van der Waals surface area contributed by atoms with Gasteiger partial charge in [0.05, 0.1) is 5.57 Å². The van der Waals surface area contributed by atoms with Gasteiger partial charge in [-0.05, 0) is 36.1 Å². The SMILES string of the molecule is Cc1ccc(CSc2nnc(N3C(=O)C(O)=C(C(=O)c4cc5ccccc5o4)[C@H]3c3cccs3)s2)cc1. The number of aryl methyl sites for hydroxylation is 1. The number of rotatable bonds is 7. The van der Waals surface area contributed by atoms with Gasteiger partial charge >= 0.3 is 0 Å². The number of fused-ring (bicyclic) bond motifs is 1. The van der Waals surface area contributed by atoms with Gasteiger partial charge in [0, 0.05) is 16.0 Å². The van der Waals surface area contributed by atoms with Gasteiger partial charge in [-0.3, -0.25) is 14.5 Å². The highest BCUT2D eigenvalue weighted by Gasteiger charge is 2.47. The molecule has 0 saturated heterocycles. The van der Waals surface area contributed by atoms with E-state index in [1.807, 2.05) is 42.6 Å². The second-order valence-electron chi connectivity index (χ2n) is 8.46. The van der Waals surface area contributed by atoms with Crippen LogP contribution in [-0.4, -0.2) is 27.0 Å². The summed E-state index contributed by atoms with van der Waals surface area (Å²) in [5, 5.41) is 22.4. The standard InChI is InChI=1S/C27H19N3O4S3/c1-15-8-10-16(11-9-15)14-36-27-29-28-26(37-27)30-22(20-7-4-12-35-20)21(24(32)25(30)33)23(31)19-13-17-5-2-3-6-18(17)34-19/h2-13,22,32H,14H2,1H3/t22-/m1/s1. The maximum Gasteiger partial charge on any atom is 0.296 e. The third-order valence-electron chi connectivity index (χ3n) is 6.00. The molecule has 7 nitrogen and oxygen atoms in total. The molecule has 0 saturated carbocycles. The predicted molar refractivity (Wildman–Crippen MR) is 145 cm³/mol. The van der Waals surface area contributed by atoms with E-state index in [1.165, 1.54) is 44.9 Å². The monoisotopic (exact) mass is 545 g/mol. The van der Waals surface area contributed by atoms with Crippen LogP contribution in [0.4, 0.5) is 5.13 Å². The number of nitrogens with zero attached hydrogens (tertiary/aromatic N) is 3. The lowest BCUT2D eigenvalue weighted by Gasteiger charge is -2.22. The maximum absolute atomic E-state index is 13.6. The Morgan fingerprint density at radius 2 is 1.92 bits per heavy atom. The summed E-state index contributed by atoms with van der Waals surface area (Å²) in [4.78, 5) is 29.0. The van der Waals surface area contributed by atoms with Crippen molar-refractivity contribution in [1.29, 1.82) is 0 Å². The minimum absolute atomic E-state index is 0.0319. The molecular formula is C27H19N3O4S3. The van der Waals surface area contributed by atoms with E-state index < -0.39 is 23.5 Å². The highest BCUT2D eigenvalue weighted by Crippen LogP contribution is 2.45.